The van der Waals surface area contributed by atoms with E-state index >= 15 is 0 Å². The Hall–Kier alpha value is -3.94. The molecule has 2 amide bonds. The summed E-state index contributed by atoms with van der Waals surface area (Å²) < 4.78 is 18.2. The normalized spacial score (nSPS) is 14.0. The molecule has 0 bridgehead atoms. The number of alkyl carbamates (subject to hydrolysis) is 1. The molecule has 0 fully saturated rings. The maximum absolute atomic E-state index is 13.8. The summed E-state index contributed by atoms with van der Waals surface area (Å²) in [7, 11) is -4.05. The molecule has 10 heteroatoms. The van der Waals surface area contributed by atoms with Crippen LogP contribution < -0.4 is 10.2 Å². The third kappa shape index (κ3) is 8.53. The van der Waals surface area contributed by atoms with Gasteiger partial charge in [0.25, 0.3) is 0 Å². The molecule has 0 saturated heterocycles. The molecule has 212 valence electrons. The first-order valence-electron chi connectivity index (χ1n) is 13.0. The van der Waals surface area contributed by atoms with Gasteiger partial charge in [0.15, 0.2) is 0 Å². The van der Waals surface area contributed by atoms with Crippen LogP contribution in [0.1, 0.15) is 26.3 Å². The lowest BCUT2D eigenvalue weighted by Crippen LogP contribution is -2.48. The fourth-order valence-electron chi connectivity index (χ4n) is 4.18. The Kier molecular flexibility index (Phi) is 10.6. The Morgan fingerprint density at radius 2 is 1.43 bits per heavy atom. The van der Waals surface area contributed by atoms with Crippen LogP contribution in [-0.4, -0.2) is 46.5 Å². The first-order valence-corrected chi connectivity index (χ1v) is 15.0. The summed E-state index contributed by atoms with van der Waals surface area (Å²) in [6, 6.07) is 24.3. The Bertz CT molecular complexity index is 1330. The predicted molar refractivity (Wildman–Crippen MR) is 154 cm³/mol. The van der Waals surface area contributed by atoms with E-state index in [9.17, 15) is 28.9 Å². The molecule has 40 heavy (non-hydrogen) atoms. The molecule has 0 radical (unpaired) electrons. The van der Waals surface area contributed by atoms with Crippen LogP contribution in [0.5, 0.6) is 0 Å². The molecule has 3 N–H and O–H groups in total. The van der Waals surface area contributed by atoms with Crippen molar-refractivity contribution < 1.29 is 33.7 Å². The monoisotopic (exact) mass is 566 g/mol. The molecule has 0 saturated carbocycles. The molecule has 0 heterocycles. The van der Waals surface area contributed by atoms with E-state index in [0.29, 0.717) is 5.69 Å². The highest BCUT2D eigenvalue weighted by atomic mass is 31.2. The van der Waals surface area contributed by atoms with E-state index < -0.39 is 49.7 Å². The number of nitrogens with zero attached hydrogens (tertiary/aromatic N) is 1. The summed E-state index contributed by atoms with van der Waals surface area (Å²) in [6.07, 6.45) is -1.88. The maximum atomic E-state index is 13.8. The van der Waals surface area contributed by atoms with Gasteiger partial charge in [-0.1, -0.05) is 86.6 Å². The van der Waals surface area contributed by atoms with Crippen molar-refractivity contribution in [1.82, 2.24) is 5.32 Å². The van der Waals surface area contributed by atoms with Crippen LogP contribution in [0.25, 0.3) is 11.1 Å². The fourth-order valence-corrected chi connectivity index (χ4v) is 5.88. The van der Waals surface area contributed by atoms with E-state index in [-0.39, 0.29) is 12.5 Å². The van der Waals surface area contributed by atoms with Gasteiger partial charge in [-0.3, -0.25) is 14.3 Å². The molecule has 0 aliphatic heterocycles. The zero-order valence-electron chi connectivity index (χ0n) is 22.8. The number of carbonyl (C=O) groups excluding carboxylic acids is 2. The Morgan fingerprint density at radius 3 is 1.98 bits per heavy atom. The zero-order valence-corrected chi connectivity index (χ0v) is 23.7. The smallest absolute Gasteiger partial charge is 0.407 e. The number of carboxylic acid groups (broad SMARTS) is 1. The minimum Gasteiger partial charge on any atom is -0.480 e. The third-order valence-electron chi connectivity index (χ3n) is 6.52. The Labute approximate surface area is 234 Å². The van der Waals surface area contributed by atoms with Gasteiger partial charge in [0.2, 0.25) is 13.3 Å². The van der Waals surface area contributed by atoms with Crippen LogP contribution in [0.3, 0.4) is 0 Å². The number of anilines is 1. The molecule has 0 spiro atoms. The van der Waals surface area contributed by atoms with Gasteiger partial charge in [0.1, 0.15) is 12.6 Å². The summed E-state index contributed by atoms with van der Waals surface area (Å²) in [5.74, 6) is -3.16. The zero-order chi connectivity index (χ0) is 29.3. The molecule has 3 aromatic rings. The number of rotatable bonds is 12. The number of benzene rings is 3. The highest BCUT2D eigenvalue weighted by Gasteiger charge is 2.38. The van der Waals surface area contributed by atoms with Crippen LogP contribution >= 0.6 is 7.37 Å². The molecule has 3 rings (SSSR count). The van der Waals surface area contributed by atoms with Gasteiger partial charge in [0, 0.05) is 17.8 Å². The van der Waals surface area contributed by atoms with Crippen LogP contribution in [0, 0.1) is 11.8 Å². The van der Waals surface area contributed by atoms with Crippen molar-refractivity contribution in [2.45, 2.75) is 33.4 Å². The minimum atomic E-state index is -4.05. The second-order valence-electron chi connectivity index (χ2n) is 9.91. The first-order chi connectivity index (χ1) is 19.0. The number of carbonyl (C=O) groups is 3. The van der Waals surface area contributed by atoms with E-state index in [1.807, 2.05) is 36.4 Å². The van der Waals surface area contributed by atoms with Crippen molar-refractivity contribution in [2.24, 2.45) is 11.8 Å². The molecular weight excluding hydrogens is 531 g/mol. The number of carboxylic acids is 1. The van der Waals surface area contributed by atoms with Crippen molar-refractivity contribution >= 4 is 31.0 Å². The number of ether oxygens (including phenoxy) is 1. The minimum absolute atomic E-state index is 0.000603. The molecule has 9 nitrogen and oxygen atoms in total. The van der Waals surface area contributed by atoms with E-state index in [1.165, 1.54) is 6.92 Å². The van der Waals surface area contributed by atoms with Crippen molar-refractivity contribution in [1.29, 1.82) is 0 Å². The van der Waals surface area contributed by atoms with Gasteiger partial charge in [-0.05, 0) is 41.7 Å². The number of aliphatic carboxylic acids is 1. The van der Waals surface area contributed by atoms with Gasteiger partial charge < -0.3 is 20.1 Å². The Balaban J connectivity index is 1.74. The number of hydrogen-bond acceptors (Lipinski definition) is 5. The number of amides is 2. The van der Waals surface area contributed by atoms with Gasteiger partial charge in [-0.25, -0.2) is 9.59 Å². The van der Waals surface area contributed by atoms with Crippen LogP contribution in [0.15, 0.2) is 84.9 Å². The van der Waals surface area contributed by atoms with Crippen molar-refractivity contribution in [3.8, 4) is 11.1 Å². The summed E-state index contributed by atoms with van der Waals surface area (Å²) in [5, 5.41) is 12.1. The number of hydrogen-bond donors (Lipinski definition) is 3. The summed E-state index contributed by atoms with van der Waals surface area (Å²) in [4.78, 5) is 49.7. The van der Waals surface area contributed by atoms with E-state index in [4.69, 9.17) is 4.74 Å². The topological polar surface area (TPSA) is 133 Å². The van der Waals surface area contributed by atoms with Crippen molar-refractivity contribution in [3.05, 3.63) is 90.5 Å². The van der Waals surface area contributed by atoms with E-state index in [1.54, 1.807) is 62.4 Å². The van der Waals surface area contributed by atoms with Crippen molar-refractivity contribution in [2.75, 3.05) is 17.3 Å². The van der Waals surface area contributed by atoms with Gasteiger partial charge in [0.05, 0.1) is 6.29 Å². The summed E-state index contributed by atoms with van der Waals surface area (Å²) in [5.41, 5.74) is 2.99. The van der Waals surface area contributed by atoms with Crippen molar-refractivity contribution in [3.63, 3.8) is 0 Å². The number of nitrogens with one attached hydrogen (secondary N) is 1. The molecule has 3 atom stereocenters. The Morgan fingerprint density at radius 1 is 0.875 bits per heavy atom. The van der Waals surface area contributed by atoms with E-state index in [2.05, 4.69) is 5.32 Å². The second-order valence-corrected chi connectivity index (χ2v) is 12.3. The van der Waals surface area contributed by atoms with Gasteiger partial charge in [-0.2, -0.15) is 0 Å². The maximum Gasteiger partial charge on any atom is 0.407 e. The molecule has 3 aromatic carbocycles. The highest BCUT2D eigenvalue weighted by Crippen LogP contribution is 2.43. The van der Waals surface area contributed by atoms with Crippen LogP contribution in [0.4, 0.5) is 10.5 Å². The average molecular weight is 567 g/mol. The summed E-state index contributed by atoms with van der Waals surface area (Å²) in [6.45, 7) is 4.85. The molecule has 0 aliphatic rings. The lowest BCUT2D eigenvalue weighted by molar-refractivity contribution is -0.140. The van der Waals surface area contributed by atoms with Crippen LogP contribution in [-0.2, 0) is 25.5 Å². The molecular formula is C30H35N2O7P. The lowest BCUT2D eigenvalue weighted by atomic mass is 9.95. The predicted octanol–water partition coefficient (Wildman–Crippen LogP) is 5.59. The third-order valence-corrected chi connectivity index (χ3v) is 8.14. The highest BCUT2D eigenvalue weighted by molar-refractivity contribution is 7.58. The molecule has 0 aromatic heterocycles. The molecule has 2 unspecified atom stereocenters. The first kappa shape index (κ1) is 30.6. The summed E-state index contributed by atoms with van der Waals surface area (Å²) >= 11 is 0. The fraction of sp³-hybridized carbons (Fsp3) is 0.300. The lowest BCUT2D eigenvalue weighted by Gasteiger charge is -2.33. The second kappa shape index (κ2) is 13.9. The SMILES string of the molecule is CC(C)C(CP(=O)(O)CNC(=O)OCc1ccccc1)C(=O)N(c1ccc(-c2ccccc2)cc1)[C@@H](C)C(=O)O. The quantitative estimate of drug-likeness (QED) is 0.244. The van der Waals surface area contributed by atoms with Gasteiger partial charge >= 0.3 is 12.1 Å². The standard InChI is InChI=1S/C30H35N2O7P/c1-21(2)27(19-40(37,38)20-31-30(36)39-18-23-10-6-4-7-11-23)28(33)32(22(3)29(34)35)26-16-14-25(15-17-26)24-12-8-5-9-13-24/h4-17,21-22,27H,18-20H2,1-3H3,(H,31,36)(H,34,35)(H,37,38)/t22-,27?/m0/s1. The van der Waals surface area contributed by atoms with Gasteiger partial charge in [-0.15, -0.1) is 0 Å². The van der Waals surface area contributed by atoms with Crippen LogP contribution in [0.2, 0.25) is 0 Å². The average Bonchev–Trinajstić information content (AvgIpc) is 2.95. The molecule has 0 aliphatic carbocycles. The van der Waals surface area contributed by atoms with E-state index in [0.717, 1.165) is 21.6 Å². The largest absolute Gasteiger partial charge is 0.480 e.